The molecule has 104 valence electrons. The summed E-state index contributed by atoms with van der Waals surface area (Å²) in [6.45, 7) is 7.17. The Morgan fingerprint density at radius 1 is 1.26 bits per heavy atom. The summed E-state index contributed by atoms with van der Waals surface area (Å²) in [5.41, 5.74) is 5.94. The Morgan fingerprint density at radius 2 is 1.79 bits per heavy atom. The minimum absolute atomic E-state index is 0.220. The third-order valence-electron chi connectivity index (χ3n) is 4.06. The fraction of sp³-hybridized carbons (Fsp3) is 0.500. The SMILES string of the molecule is CC(C)(C(N)=O)[NH+]1CCN(c2ccc(F)cc2)CC1. The largest absolute Gasteiger partial charge is 0.364 e. The Bertz CT molecular complexity index is 450. The number of nitrogens with one attached hydrogen (secondary N) is 1. The molecule has 0 unspecified atom stereocenters. The van der Waals surface area contributed by atoms with Crippen LogP contribution < -0.4 is 15.5 Å². The van der Waals surface area contributed by atoms with Crippen LogP contribution in [-0.4, -0.2) is 37.6 Å². The first-order chi connectivity index (χ1) is 8.91. The lowest BCUT2D eigenvalue weighted by molar-refractivity contribution is -0.938. The number of amides is 1. The monoisotopic (exact) mass is 266 g/mol. The molecular formula is C14H21FN3O+. The van der Waals surface area contributed by atoms with Gasteiger partial charge in [-0.3, -0.25) is 4.79 Å². The number of nitrogens with zero attached hydrogens (tertiary/aromatic N) is 1. The van der Waals surface area contributed by atoms with Crippen LogP contribution in [0.4, 0.5) is 10.1 Å². The van der Waals surface area contributed by atoms with Gasteiger partial charge in [-0.15, -0.1) is 0 Å². The number of halogens is 1. The molecular weight excluding hydrogens is 245 g/mol. The molecule has 1 aliphatic rings. The highest BCUT2D eigenvalue weighted by atomic mass is 19.1. The summed E-state index contributed by atoms with van der Waals surface area (Å²) in [5.74, 6) is -0.486. The number of hydrogen-bond donors (Lipinski definition) is 2. The van der Waals surface area contributed by atoms with Gasteiger partial charge in [-0.05, 0) is 38.1 Å². The molecule has 1 aliphatic heterocycles. The summed E-state index contributed by atoms with van der Waals surface area (Å²) in [7, 11) is 0. The topological polar surface area (TPSA) is 50.8 Å². The molecule has 0 aliphatic carbocycles. The molecule has 1 fully saturated rings. The van der Waals surface area contributed by atoms with Crippen LogP contribution in [0.2, 0.25) is 0 Å². The van der Waals surface area contributed by atoms with Crippen molar-refractivity contribution in [1.82, 2.24) is 0 Å². The number of hydrogen-bond acceptors (Lipinski definition) is 2. The Labute approximate surface area is 113 Å². The molecule has 3 N–H and O–H groups in total. The molecule has 1 aromatic carbocycles. The average molecular weight is 266 g/mol. The zero-order valence-electron chi connectivity index (χ0n) is 11.4. The van der Waals surface area contributed by atoms with E-state index in [0.717, 1.165) is 31.9 Å². The van der Waals surface area contributed by atoms with Gasteiger partial charge in [0, 0.05) is 5.69 Å². The number of rotatable bonds is 3. The number of anilines is 1. The van der Waals surface area contributed by atoms with Crippen molar-refractivity contribution in [2.75, 3.05) is 31.1 Å². The van der Waals surface area contributed by atoms with Gasteiger partial charge in [0.05, 0.1) is 26.2 Å². The normalized spacial score (nSPS) is 17.5. The zero-order valence-corrected chi connectivity index (χ0v) is 11.4. The molecule has 0 aromatic heterocycles. The van der Waals surface area contributed by atoms with Crippen molar-refractivity contribution in [3.63, 3.8) is 0 Å². The predicted molar refractivity (Wildman–Crippen MR) is 72.6 cm³/mol. The van der Waals surface area contributed by atoms with Crippen LogP contribution in [0.25, 0.3) is 0 Å². The van der Waals surface area contributed by atoms with Gasteiger partial charge in [0.25, 0.3) is 5.91 Å². The average Bonchev–Trinajstić information content (AvgIpc) is 2.39. The van der Waals surface area contributed by atoms with Crippen LogP contribution in [0.3, 0.4) is 0 Å². The lowest BCUT2D eigenvalue weighted by atomic mass is 10.0. The smallest absolute Gasteiger partial charge is 0.278 e. The van der Waals surface area contributed by atoms with Crippen LogP contribution >= 0.6 is 0 Å². The van der Waals surface area contributed by atoms with E-state index in [-0.39, 0.29) is 11.7 Å². The molecule has 5 heteroatoms. The van der Waals surface area contributed by atoms with Gasteiger partial charge in [0.15, 0.2) is 5.54 Å². The van der Waals surface area contributed by atoms with E-state index in [1.807, 2.05) is 13.8 Å². The maximum Gasteiger partial charge on any atom is 0.278 e. The molecule has 1 amide bonds. The van der Waals surface area contributed by atoms with E-state index in [2.05, 4.69) is 4.90 Å². The van der Waals surface area contributed by atoms with Crippen LogP contribution in [0.15, 0.2) is 24.3 Å². The molecule has 1 saturated heterocycles. The number of carbonyl (C=O) groups is 1. The molecule has 1 heterocycles. The lowest BCUT2D eigenvalue weighted by Gasteiger charge is -2.40. The van der Waals surface area contributed by atoms with E-state index in [4.69, 9.17) is 5.73 Å². The Morgan fingerprint density at radius 3 is 2.26 bits per heavy atom. The third-order valence-corrected chi connectivity index (χ3v) is 4.06. The van der Waals surface area contributed by atoms with Crippen molar-refractivity contribution < 1.29 is 14.1 Å². The van der Waals surface area contributed by atoms with Gasteiger partial charge in [0.2, 0.25) is 0 Å². The fourth-order valence-corrected chi connectivity index (χ4v) is 2.49. The van der Waals surface area contributed by atoms with E-state index in [0.29, 0.717) is 0 Å². The van der Waals surface area contributed by atoms with Gasteiger partial charge in [-0.25, -0.2) is 4.39 Å². The molecule has 1 aromatic rings. The second kappa shape index (κ2) is 5.17. The highest BCUT2D eigenvalue weighted by molar-refractivity contribution is 5.81. The van der Waals surface area contributed by atoms with Crippen molar-refractivity contribution >= 4 is 11.6 Å². The molecule has 0 atom stereocenters. The fourth-order valence-electron chi connectivity index (χ4n) is 2.49. The zero-order chi connectivity index (χ0) is 14.0. The molecule has 0 saturated carbocycles. The predicted octanol–water partition coefficient (Wildman–Crippen LogP) is -0.205. The van der Waals surface area contributed by atoms with Crippen molar-refractivity contribution in [2.45, 2.75) is 19.4 Å². The van der Waals surface area contributed by atoms with Crippen LogP contribution in [0.5, 0.6) is 0 Å². The van der Waals surface area contributed by atoms with Crippen molar-refractivity contribution in [1.29, 1.82) is 0 Å². The summed E-state index contributed by atoms with van der Waals surface area (Å²) in [5, 5.41) is 0. The lowest BCUT2D eigenvalue weighted by Crippen LogP contribution is -3.23. The molecule has 2 rings (SSSR count). The maximum absolute atomic E-state index is 12.9. The Balaban J connectivity index is 1.99. The van der Waals surface area contributed by atoms with E-state index in [1.165, 1.54) is 17.0 Å². The third kappa shape index (κ3) is 2.87. The highest BCUT2D eigenvalue weighted by Gasteiger charge is 2.38. The minimum atomic E-state index is -0.533. The maximum atomic E-state index is 12.9. The van der Waals surface area contributed by atoms with Crippen molar-refractivity contribution in [2.24, 2.45) is 5.73 Å². The summed E-state index contributed by atoms with van der Waals surface area (Å²) < 4.78 is 12.9. The molecule has 0 bridgehead atoms. The molecule has 19 heavy (non-hydrogen) atoms. The summed E-state index contributed by atoms with van der Waals surface area (Å²) >= 11 is 0. The highest BCUT2D eigenvalue weighted by Crippen LogP contribution is 2.14. The van der Waals surface area contributed by atoms with Crippen LogP contribution in [-0.2, 0) is 4.79 Å². The summed E-state index contributed by atoms with van der Waals surface area (Å²) in [6.07, 6.45) is 0. The van der Waals surface area contributed by atoms with Crippen molar-refractivity contribution in [3.05, 3.63) is 30.1 Å². The summed E-state index contributed by atoms with van der Waals surface area (Å²) in [6, 6.07) is 6.53. The minimum Gasteiger partial charge on any atom is -0.364 e. The van der Waals surface area contributed by atoms with E-state index in [9.17, 15) is 9.18 Å². The van der Waals surface area contributed by atoms with Gasteiger partial charge in [0.1, 0.15) is 5.82 Å². The number of piperazine rings is 1. The second-order valence-electron chi connectivity index (χ2n) is 5.56. The molecule has 0 spiro atoms. The first-order valence-electron chi connectivity index (χ1n) is 6.57. The van der Waals surface area contributed by atoms with Gasteiger partial charge >= 0.3 is 0 Å². The second-order valence-corrected chi connectivity index (χ2v) is 5.56. The standard InChI is InChI=1S/C14H20FN3O/c1-14(2,13(16)19)18-9-7-17(8-10-18)12-5-3-11(15)4-6-12/h3-6H,7-10H2,1-2H3,(H2,16,19)/p+1. The first-order valence-corrected chi connectivity index (χ1v) is 6.57. The van der Waals surface area contributed by atoms with Gasteiger partial charge in [-0.1, -0.05) is 0 Å². The summed E-state index contributed by atoms with van der Waals surface area (Å²) in [4.78, 5) is 14.9. The molecule has 4 nitrogen and oxygen atoms in total. The van der Waals surface area contributed by atoms with Crippen molar-refractivity contribution in [3.8, 4) is 0 Å². The van der Waals surface area contributed by atoms with E-state index >= 15 is 0 Å². The Hall–Kier alpha value is -1.62. The van der Waals surface area contributed by atoms with Crippen LogP contribution in [0, 0.1) is 5.82 Å². The number of benzene rings is 1. The molecule has 0 radical (unpaired) electrons. The van der Waals surface area contributed by atoms with Gasteiger partial charge < -0.3 is 15.5 Å². The quantitative estimate of drug-likeness (QED) is 0.796. The van der Waals surface area contributed by atoms with E-state index in [1.54, 1.807) is 12.1 Å². The Kier molecular flexibility index (Phi) is 3.75. The van der Waals surface area contributed by atoms with Crippen LogP contribution in [0.1, 0.15) is 13.8 Å². The van der Waals surface area contributed by atoms with E-state index < -0.39 is 5.54 Å². The first kappa shape index (κ1) is 13.8. The van der Waals surface area contributed by atoms with Gasteiger partial charge in [-0.2, -0.15) is 0 Å². The number of quaternary nitrogens is 1. The number of carbonyl (C=O) groups excluding carboxylic acids is 1. The number of nitrogens with two attached hydrogens (primary N) is 1. The number of primary amides is 1.